The van der Waals surface area contributed by atoms with Crippen LogP contribution >= 0.6 is 0 Å². The van der Waals surface area contributed by atoms with E-state index < -0.39 is 18.1 Å². The molecule has 4 heteroatoms. The molecule has 4 nitrogen and oxygen atoms in total. The van der Waals surface area contributed by atoms with E-state index in [2.05, 4.69) is 120 Å². The molecule has 9 aromatic carbocycles. The fourth-order valence-corrected chi connectivity index (χ4v) is 8.75. The summed E-state index contributed by atoms with van der Waals surface area (Å²) >= 11 is 0. The molecule has 0 bridgehead atoms. The lowest BCUT2D eigenvalue weighted by Gasteiger charge is -2.17. The van der Waals surface area contributed by atoms with Crippen molar-refractivity contribution in [3.05, 3.63) is 206 Å². The maximum Gasteiger partial charge on any atom is 0.165 e. The van der Waals surface area contributed by atoms with Crippen LogP contribution < -0.4 is 0 Å². The Labute approximate surface area is 341 Å². The van der Waals surface area contributed by atoms with Crippen molar-refractivity contribution >= 4 is 65.4 Å². The normalized spacial score (nSPS) is 13.0. The molecule has 0 unspecified atom stereocenters. The summed E-state index contributed by atoms with van der Waals surface area (Å²) in [6, 6.07) is 58.4. The van der Waals surface area contributed by atoms with Gasteiger partial charge in [0.25, 0.3) is 0 Å². The van der Waals surface area contributed by atoms with Crippen molar-refractivity contribution in [2.24, 2.45) is 0 Å². The minimum Gasteiger partial charge on any atom is -0.309 e. The summed E-state index contributed by atoms with van der Waals surface area (Å²) in [5.41, 5.74) is 10.5. The number of nitrogens with zero attached hydrogens (tertiary/aromatic N) is 4. The van der Waals surface area contributed by atoms with Gasteiger partial charge in [-0.2, -0.15) is 0 Å². The first kappa shape index (κ1) is 27.7. The third-order valence-electron chi connectivity index (χ3n) is 11.4. The summed E-state index contributed by atoms with van der Waals surface area (Å²) in [7, 11) is 0. The van der Waals surface area contributed by atoms with Crippen LogP contribution in [0.3, 0.4) is 0 Å². The quantitative estimate of drug-likeness (QED) is 0.176. The Morgan fingerprint density at radius 2 is 0.914 bits per heavy atom. The molecule has 0 aliphatic carbocycles. The standard InChI is InChI=1S/C54H34N4/c1-4-16-35(17-5-1)44-33-47-48(34-45(44)36-18-6-2-7-19-36)56-54(58-50-27-15-13-25-42(50)46-30-37-20-10-11-21-38(37)31-52(46)58)53(55-47)39-28-29-43-41-24-12-14-26-49(41)57(51(43)32-39)40-22-8-3-9-23-40/h1-34H/i3D,8D,9D,22D,23D. The maximum atomic E-state index is 9.06. The van der Waals surface area contributed by atoms with Gasteiger partial charge in [0.05, 0.1) is 40.0 Å². The number of hydrogen-bond acceptors (Lipinski definition) is 2. The van der Waals surface area contributed by atoms with Crippen molar-refractivity contribution in [3.63, 3.8) is 0 Å². The van der Waals surface area contributed by atoms with Crippen LogP contribution in [-0.2, 0) is 0 Å². The molecular formula is C54H34N4. The Morgan fingerprint density at radius 1 is 0.379 bits per heavy atom. The predicted octanol–water partition coefficient (Wildman–Crippen LogP) is 14.0. The maximum absolute atomic E-state index is 9.06. The second-order valence-electron chi connectivity index (χ2n) is 14.6. The zero-order valence-corrected chi connectivity index (χ0v) is 31.0. The second-order valence-corrected chi connectivity index (χ2v) is 14.6. The molecule has 0 aliphatic rings. The average molecular weight is 744 g/mol. The molecule has 0 N–H and O–H groups in total. The molecule has 3 heterocycles. The lowest BCUT2D eigenvalue weighted by Crippen LogP contribution is -2.04. The first-order chi connectivity index (χ1) is 30.8. The Balaban J connectivity index is 1.22. The molecule has 0 aliphatic heterocycles. The number of hydrogen-bond donors (Lipinski definition) is 0. The third kappa shape index (κ3) is 5.02. The average Bonchev–Trinajstić information content (AvgIpc) is 3.83. The number of benzene rings is 9. The number of rotatable bonds is 5. The SMILES string of the molecule is [2H]c1c([2H])c([2H])c(-n2c3ccccc3c3ccc(-c4nc5cc(-c6ccccc6)c(-c6ccccc6)cc5nc4-n4c5ccccc5c5cc6ccccc6cc54)cc32)c([2H])c1[2H]. The van der Waals surface area contributed by atoms with Crippen molar-refractivity contribution in [3.8, 4) is 45.0 Å². The molecular weight excluding hydrogens is 705 g/mol. The summed E-state index contributed by atoms with van der Waals surface area (Å²) in [6.45, 7) is 0. The van der Waals surface area contributed by atoms with Crippen LogP contribution in [0.15, 0.2) is 206 Å². The van der Waals surface area contributed by atoms with E-state index in [4.69, 9.17) is 16.8 Å². The van der Waals surface area contributed by atoms with Gasteiger partial charge in [-0.1, -0.05) is 152 Å². The fraction of sp³-hybridized carbons (Fsp3) is 0. The summed E-state index contributed by atoms with van der Waals surface area (Å²) in [4.78, 5) is 11.2. The van der Waals surface area contributed by atoms with Crippen LogP contribution in [0.5, 0.6) is 0 Å². The van der Waals surface area contributed by atoms with Crippen molar-refractivity contribution < 1.29 is 6.85 Å². The lowest BCUT2D eigenvalue weighted by atomic mass is 9.93. The zero-order chi connectivity index (χ0) is 42.5. The van der Waals surface area contributed by atoms with Crippen LogP contribution in [0, 0.1) is 0 Å². The van der Waals surface area contributed by atoms with Crippen LogP contribution in [0.25, 0.3) is 110 Å². The van der Waals surface area contributed by atoms with E-state index in [-0.39, 0.29) is 17.8 Å². The third-order valence-corrected chi connectivity index (χ3v) is 11.4. The van der Waals surface area contributed by atoms with Gasteiger partial charge in [-0.05, 0) is 87.6 Å². The minimum absolute atomic E-state index is 0.0874. The molecule has 0 spiro atoms. The molecule has 0 radical (unpaired) electrons. The topological polar surface area (TPSA) is 35.6 Å². The molecule has 0 saturated carbocycles. The molecule has 270 valence electrons. The van der Waals surface area contributed by atoms with E-state index in [1.807, 2.05) is 60.7 Å². The minimum atomic E-state index is -0.435. The highest BCUT2D eigenvalue weighted by molar-refractivity contribution is 6.14. The first-order valence-electron chi connectivity index (χ1n) is 21.8. The van der Waals surface area contributed by atoms with E-state index in [1.54, 1.807) is 4.57 Å². The lowest BCUT2D eigenvalue weighted by molar-refractivity contribution is 1.08. The Hall–Kier alpha value is -7.82. The summed E-state index contributed by atoms with van der Waals surface area (Å²) in [5.74, 6) is 0.639. The largest absolute Gasteiger partial charge is 0.309 e. The Bertz CT molecular complexity index is 3830. The van der Waals surface area contributed by atoms with Crippen molar-refractivity contribution in [2.75, 3.05) is 0 Å². The monoisotopic (exact) mass is 743 g/mol. The highest BCUT2D eigenvalue weighted by Gasteiger charge is 2.22. The summed E-state index contributed by atoms with van der Waals surface area (Å²) in [6.07, 6.45) is 0. The van der Waals surface area contributed by atoms with Gasteiger partial charge in [-0.15, -0.1) is 0 Å². The van der Waals surface area contributed by atoms with Crippen molar-refractivity contribution in [2.45, 2.75) is 0 Å². The van der Waals surface area contributed by atoms with Crippen molar-refractivity contribution in [1.82, 2.24) is 19.1 Å². The molecule has 0 atom stereocenters. The molecule has 0 amide bonds. The van der Waals surface area contributed by atoms with Crippen LogP contribution in [0.2, 0.25) is 0 Å². The van der Waals surface area contributed by atoms with Crippen LogP contribution in [0.4, 0.5) is 0 Å². The highest BCUT2D eigenvalue weighted by atomic mass is 15.1. The number of aromatic nitrogens is 4. The number of para-hydroxylation sites is 3. The van der Waals surface area contributed by atoms with Gasteiger partial charge in [0.2, 0.25) is 0 Å². The Morgan fingerprint density at radius 3 is 1.60 bits per heavy atom. The van der Waals surface area contributed by atoms with E-state index in [0.717, 1.165) is 82.2 Å². The molecule has 0 fully saturated rings. The van der Waals surface area contributed by atoms with Gasteiger partial charge in [0.15, 0.2) is 5.82 Å². The van der Waals surface area contributed by atoms with E-state index in [0.29, 0.717) is 22.5 Å². The first-order valence-corrected chi connectivity index (χ1v) is 19.3. The van der Waals surface area contributed by atoms with E-state index in [1.165, 1.54) is 0 Å². The van der Waals surface area contributed by atoms with E-state index >= 15 is 0 Å². The van der Waals surface area contributed by atoms with Gasteiger partial charge in [0.1, 0.15) is 5.69 Å². The van der Waals surface area contributed by atoms with Crippen molar-refractivity contribution in [1.29, 1.82) is 0 Å². The van der Waals surface area contributed by atoms with Crippen LogP contribution in [-0.4, -0.2) is 19.1 Å². The van der Waals surface area contributed by atoms with Gasteiger partial charge in [0, 0.05) is 32.8 Å². The number of fused-ring (bicyclic) bond motifs is 8. The predicted molar refractivity (Wildman–Crippen MR) is 242 cm³/mol. The molecule has 3 aromatic heterocycles. The van der Waals surface area contributed by atoms with Gasteiger partial charge < -0.3 is 4.57 Å². The van der Waals surface area contributed by atoms with Gasteiger partial charge in [-0.3, -0.25) is 4.57 Å². The highest BCUT2D eigenvalue weighted by Crippen LogP contribution is 2.41. The second kappa shape index (κ2) is 12.9. The van der Waals surface area contributed by atoms with Gasteiger partial charge >= 0.3 is 0 Å². The molecule has 0 saturated heterocycles. The smallest absolute Gasteiger partial charge is 0.165 e. The molecule has 12 rings (SSSR count). The zero-order valence-electron chi connectivity index (χ0n) is 36.0. The van der Waals surface area contributed by atoms with E-state index in [9.17, 15) is 0 Å². The van der Waals surface area contributed by atoms with Crippen LogP contribution in [0.1, 0.15) is 6.85 Å². The van der Waals surface area contributed by atoms with Gasteiger partial charge in [-0.25, -0.2) is 9.97 Å². The Kier molecular flexibility index (Phi) is 6.15. The summed E-state index contributed by atoms with van der Waals surface area (Å²) in [5, 5.41) is 6.20. The molecule has 58 heavy (non-hydrogen) atoms. The fourth-order valence-electron chi connectivity index (χ4n) is 8.75. The summed E-state index contributed by atoms with van der Waals surface area (Å²) < 4.78 is 47.7. The molecule has 12 aromatic rings.